The summed E-state index contributed by atoms with van der Waals surface area (Å²) in [6, 6.07) is 10.8. The van der Waals surface area contributed by atoms with Crippen LogP contribution in [-0.2, 0) is 0 Å². The maximum Gasteiger partial charge on any atom is 0.136 e. The summed E-state index contributed by atoms with van der Waals surface area (Å²) >= 11 is 1.34. The molecule has 19 heavy (non-hydrogen) atoms. The number of benzene rings is 2. The van der Waals surface area contributed by atoms with E-state index in [1.54, 1.807) is 24.3 Å². The molecular weight excluding hydrogens is 264 g/mol. The lowest BCUT2D eigenvalue weighted by atomic mass is 10.0. The van der Waals surface area contributed by atoms with Gasteiger partial charge in [0.1, 0.15) is 11.6 Å². The fraction of sp³-hybridized carbons (Fsp3) is 0.200. The minimum absolute atomic E-state index is 0.254. The molecule has 0 amide bonds. The van der Waals surface area contributed by atoms with E-state index >= 15 is 0 Å². The van der Waals surface area contributed by atoms with Gasteiger partial charge >= 0.3 is 0 Å². The molecule has 1 atom stereocenters. The van der Waals surface area contributed by atoms with Gasteiger partial charge in [0.25, 0.3) is 0 Å². The van der Waals surface area contributed by atoms with Crippen LogP contribution in [-0.4, -0.2) is 5.75 Å². The predicted octanol–water partition coefficient (Wildman–Crippen LogP) is 4.07. The Balaban J connectivity index is 2.07. The molecule has 0 saturated carbocycles. The monoisotopic (exact) mass is 279 g/mol. The van der Waals surface area contributed by atoms with Gasteiger partial charge in [-0.1, -0.05) is 18.2 Å². The zero-order chi connectivity index (χ0) is 13.8. The van der Waals surface area contributed by atoms with Gasteiger partial charge in [-0.15, -0.1) is 11.8 Å². The minimum Gasteiger partial charge on any atom is -0.323 e. The van der Waals surface area contributed by atoms with Crippen LogP contribution in [0.15, 0.2) is 47.4 Å². The van der Waals surface area contributed by atoms with Crippen LogP contribution in [0.25, 0.3) is 0 Å². The van der Waals surface area contributed by atoms with E-state index in [0.29, 0.717) is 10.6 Å². The van der Waals surface area contributed by atoms with E-state index in [-0.39, 0.29) is 17.7 Å². The Labute approximate surface area is 115 Å². The fourth-order valence-corrected chi connectivity index (χ4v) is 2.76. The van der Waals surface area contributed by atoms with Crippen LogP contribution in [0.2, 0.25) is 0 Å². The Bertz CT molecular complexity index is 572. The van der Waals surface area contributed by atoms with Crippen molar-refractivity contribution in [1.82, 2.24) is 0 Å². The highest BCUT2D eigenvalue weighted by atomic mass is 32.2. The number of rotatable bonds is 4. The second-order valence-corrected chi connectivity index (χ2v) is 5.41. The molecule has 0 spiro atoms. The van der Waals surface area contributed by atoms with Crippen molar-refractivity contribution in [2.24, 2.45) is 5.73 Å². The summed E-state index contributed by atoms with van der Waals surface area (Å²) in [4.78, 5) is 0.562. The molecule has 0 saturated heterocycles. The molecule has 2 rings (SSSR count). The third-order valence-corrected chi connectivity index (χ3v) is 4.06. The van der Waals surface area contributed by atoms with Gasteiger partial charge in [0, 0.05) is 16.7 Å². The number of nitrogens with two attached hydrogens (primary N) is 1. The minimum atomic E-state index is -0.319. The molecule has 0 heterocycles. The Kier molecular flexibility index (Phi) is 4.56. The lowest BCUT2D eigenvalue weighted by Crippen LogP contribution is -2.14. The molecule has 1 nitrogen and oxygen atoms in total. The van der Waals surface area contributed by atoms with E-state index in [0.717, 1.165) is 11.1 Å². The van der Waals surface area contributed by atoms with Crippen molar-refractivity contribution < 1.29 is 8.78 Å². The van der Waals surface area contributed by atoms with Crippen molar-refractivity contribution in [3.63, 3.8) is 0 Å². The van der Waals surface area contributed by atoms with Crippen LogP contribution in [0, 0.1) is 18.6 Å². The number of aryl methyl sites for hydroxylation is 1. The third kappa shape index (κ3) is 3.55. The Morgan fingerprint density at radius 1 is 1.16 bits per heavy atom. The summed E-state index contributed by atoms with van der Waals surface area (Å²) in [5, 5.41) is 0. The van der Waals surface area contributed by atoms with Crippen molar-refractivity contribution in [3.05, 3.63) is 65.2 Å². The Morgan fingerprint density at radius 2 is 1.89 bits per heavy atom. The standard InChI is InChI=1S/C15H15F2NS/c1-10-6-7-11(16)8-12(10)14(18)9-19-15-5-3-2-4-13(15)17/h2-8,14H,9,18H2,1H3. The zero-order valence-corrected chi connectivity index (χ0v) is 11.4. The number of halogens is 2. The van der Waals surface area contributed by atoms with Crippen LogP contribution >= 0.6 is 11.8 Å². The van der Waals surface area contributed by atoms with E-state index in [2.05, 4.69) is 0 Å². The van der Waals surface area contributed by atoms with Crippen LogP contribution in [0.5, 0.6) is 0 Å². The molecule has 1 unspecified atom stereocenters. The van der Waals surface area contributed by atoms with Gasteiger partial charge in [-0.05, 0) is 42.3 Å². The second kappa shape index (κ2) is 6.17. The quantitative estimate of drug-likeness (QED) is 0.854. The lowest BCUT2D eigenvalue weighted by molar-refractivity contribution is 0.601. The van der Waals surface area contributed by atoms with E-state index in [1.165, 1.54) is 30.0 Å². The average Bonchev–Trinajstić information content (AvgIpc) is 2.40. The number of thioether (sulfide) groups is 1. The SMILES string of the molecule is Cc1ccc(F)cc1C(N)CSc1ccccc1F. The molecule has 0 bridgehead atoms. The van der Waals surface area contributed by atoms with Gasteiger partial charge in [0.05, 0.1) is 0 Å². The summed E-state index contributed by atoms with van der Waals surface area (Å²) in [5.41, 5.74) is 7.77. The van der Waals surface area contributed by atoms with Crippen molar-refractivity contribution in [1.29, 1.82) is 0 Å². The summed E-state index contributed by atoms with van der Waals surface area (Å²) in [7, 11) is 0. The van der Waals surface area contributed by atoms with Crippen molar-refractivity contribution in [2.75, 3.05) is 5.75 Å². The average molecular weight is 279 g/mol. The third-order valence-electron chi connectivity index (χ3n) is 2.90. The molecule has 0 aromatic heterocycles. The van der Waals surface area contributed by atoms with Gasteiger partial charge in [-0.2, -0.15) is 0 Å². The van der Waals surface area contributed by atoms with Crippen LogP contribution in [0.4, 0.5) is 8.78 Å². The van der Waals surface area contributed by atoms with E-state index in [4.69, 9.17) is 5.73 Å². The summed E-state index contributed by atoms with van der Waals surface area (Å²) < 4.78 is 26.7. The fourth-order valence-electron chi connectivity index (χ4n) is 1.84. The van der Waals surface area contributed by atoms with Crippen molar-refractivity contribution in [3.8, 4) is 0 Å². The van der Waals surface area contributed by atoms with Crippen LogP contribution < -0.4 is 5.73 Å². The number of hydrogen-bond donors (Lipinski definition) is 1. The van der Waals surface area contributed by atoms with Gasteiger partial charge < -0.3 is 5.73 Å². The van der Waals surface area contributed by atoms with Gasteiger partial charge in [-0.25, -0.2) is 8.78 Å². The molecule has 100 valence electrons. The lowest BCUT2D eigenvalue weighted by Gasteiger charge is -2.14. The molecule has 4 heteroatoms. The highest BCUT2D eigenvalue weighted by Gasteiger charge is 2.12. The molecule has 0 aliphatic rings. The van der Waals surface area contributed by atoms with E-state index in [1.807, 2.05) is 6.92 Å². The Hall–Kier alpha value is -1.39. The normalized spacial score (nSPS) is 12.4. The summed E-state index contributed by atoms with van der Waals surface area (Å²) in [6.07, 6.45) is 0. The van der Waals surface area contributed by atoms with Crippen molar-refractivity contribution in [2.45, 2.75) is 17.9 Å². The van der Waals surface area contributed by atoms with Gasteiger partial charge in [0.2, 0.25) is 0 Å². The van der Waals surface area contributed by atoms with Gasteiger partial charge in [0.15, 0.2) is 0 Å². The maximum atomic E-state index is 13.5. The second-order valence-electron chi connectivity index (χ2n) is 4.35. The molecule has 0 fully saturated rings. The molecule has 0 aliphatic carbocycles. The Morgan fingerprint density at radius 3 is 2.63 bits per heavy atom. The predicted molar refractivity (Wildman–Crippen MR) is 75.2 cm³/mol. The molecule has 2 aromatic carbocycles. The van der Waals surface area contributed by atoms with Crippen LogP contribution in [0.1, 0.15) is 17.2 Å². The molecule has 0 aliphatic heterocycles. The molecule has 0 radical (unpaired) electrons. The first-order chi connectivity index (χ1) is 9.08. The smallest absolute Gasteiger partial charge is 0.136 e. The first-order valence-electron chi connectivity index (χ1n) is 5.97. The molecule has 2 N–H and O–H groups in total. The highest BCUT2D eigenvalue weighted by molar-refractivity contribution is 7.99. The zero-order valence-electron chi connectivity index (χ0n) is 10.6. The first kappa shape index (κ1) is 14.0. The largest absolute Gasteiger partial charge is 0.323 e. The molecule has 2 aromatic rings. The first-order valence-corrected chi connectivity index (χ1v) is 6.95. The number of hydrogen-bond acceptors (Lipinski definition) is 2. The summed E-state index contributed by atoms with van der Waals surface area (Å²) in [5.74, 6) is -0.0480. The summed E-state index contributed by atoms with van der Waals surface area (Å²) in [6.45, 7) is 1.89. The van der Waals surface area contributed by atoms with E-state index in [9.17, 15) is 8.78 Å². The maximum absolute atomic E-state index is 13.5. The van der Waals surface area contributed by atoms with Crippen LogP contribution in [0.3, 0.4) is 0 Å². The topological polar surface area (TPSA) is 26.0 Å². The van der Waals surface area contributed by atoms with Crippen molar-refractivity contribution >= 4 is 11.8 Å². The van der Waals surface area contributed by atoms with Gasteiger partial charge in [-0.3, -0.25) is 0 Å². The molecular formula is C15H15F2NS. The highest BCUT2D eigenvalue weighted by Crippen LogP contribution is 2.27. The van der Waals surface area contributed by atoms with E-state index < -0.39 is 0 Å².